The summed E-state index contributed by atoms with van der Waals surface area (Å²) in [6.45, 7) is 2.03. The first-order valence-corrected chi connectivity index (χ1v) is 5.67. The number of fused-ring (bicyclic) bond motifs is 1. The van der Waals surface area contributed by atoms with Crippen LogP contribution in [-0.2, 0) is 6.42 Å². The van der Waals surface area contributed by atoms with Crippen molar-refractivity contribution in [2.45, 2.75) is 13.3 Å². The van der Waals surface area contributed by atoms with Crippen molar-refractivity contribution < 1.29 is 0 Å². The molecule has 3 rings (SSSR count). The van der Waals surface area contributed by atoms with Crippen LogP contribution in [0.25, 0.3) is 15.7 Å². The third kappa shape index (κ3) is 1.36. The van der Waals surface area contributed by atoms with Gasteiger partial charge in [0.1, 0.15) is 5.69 Å². The molecule has 0 unspecified atom stereocenters. The first-order chi connectivity index (χ1) is 7.88. The number of nitrogens with zero attached hydrogens (tertiary/aromatic N) is 6. The van der Waals surface area contributed by atoms with Gasteiger partial charge in [0.15, 0.2) is 10.8 Å². The zero-order chi connectivity index (χ0) is 11.0. The van der Waals surface area contributed by atoms with Crippen LogP contribution in [0.2, 0.25) is 0 Å². The standard InChI is InChI=1S/C9H8N6S/c1-2-7-12-13-9-15(7)14-8(16-9)6-5-10-3-4-11-6/h3-5H,2H2,1H3. The Morgan fingerprint density at radius 1 is 1.31 bits per heavy atom. The van der Waals surface area contributed by atoms with Crippen molar-refractivity contribution in [1.29, 1.82) is 0 Å². The third-order valence-corrected chi connectivity index (χ3v) is 3.08. The van der Waals surface area contributed by atoms with Gasteiger partial charge in [0.05, 0.1) is 6.20 Å². The first-order valence-electron chi connectivity index (χ1n) is 4.86. The lowest BCUT2D eigenvalue weighted by atomic mass is 10.5. The van der Waals surface area contributed by atoms with Crippen LogP contribution in [0.15, 0.2) is 18.6 Å². The summed E-state index contributed by atoms with van der Waals surface area (Å²) in [5, 5.41) is 13.3. The Labute approximate surface area is 95.0 Å². The maximum Gasteiger partial charge on any atom is 0.235 e. The molecule has 0 aliphatic rings. The van der Waals surface area contributed by atoms with Gasteiger partial charge in [-0.25, -0.2) is 0 Å². The van der Waals surface area contributed by atoms with Crippen molar-refractivity contribution in [2.75, 3.05) is 0 Å². The van der Waals surface area contributed by atoms with Gasteiger partial charge in [-0.3, -0.25) is 9.97 Å². The second-order valence-corrected chi connectivity index (χ2v) is 4.12. The molecular weight excluding hydrogens is 224 g/mol. The minimum absolute atomic E-state index is 0.764. The van der Waals surface area contributed by atoms with Crippen molar-refractivity contribution in [1.82, 2.24) is 29.8 Å². The molecule has 0 amide bonds. The van der Waals surface area contributed by atoms with Crippen LogP contribution in [-0.4, -0.2) is 29.8 Å². The van der Waals surface area contributed by atoms with E-state index in [-0.39, 0.29) is 0 Å². The molecule has 0 atom stereocenters. The molecule has 3 aromatic heterocycles. The summed E-state index contributed by atoms with van der Waals surface area (Å²) in [7, 11) is 0. The number of hydrogen-bond donors (Lipinski definition) is 0. The molecule has 0 N–H and O–H groups in total. The summed E-state index contributed by atoms with van der Waals surface area (Å²) < 4.78 is 1.76. The lowest BCUT2D eigenvalue weighted by molar-refractivity contribution is 0.836. The summed E-state index contributed by atoms with van der Waals surface area (Å²) in [6, 6.07) is 0. The molecule has 0 saturated carbocycles. The molecular formula is C9H8N6S. The van der Waals surface area contributed by atoms with Gasteiger partial charge in [-0.1, -0.05) is 18.3 Å². The third-order valence-electron chi connectivity index (χ3n) is 2.15. The zero-order valence-electron chi connectivity index (χ0n) is 8.53. The highest BCUT2D eigenvalue weighted by Crippen LogP contribution is 2.22. The lowest BCUT2D eigenvalue weighted by Gasteiger charge is -1.91. The summed E-state index contributed by atoms with van der Waals surface area (Å²) in [4.78, 5) is 9.01. The van der Waals surface area contributed by atoms with Gasteiger partial charge in [0.2, 0.25) is 4.96 Å². The predicted molar refractivity (Wildman–Crippen MR) is 59.1 cm³/mol. The Morgan fingerprint density at radius 2 is 2.25 bits per heavy atom. The van der Waals surface area contributed by atoms with Crippen LogP contribution >= 0.6 is 11.3 Å². The molecule has 0 aromatic carbocycles. The van der Waals surface area contributed by atoms with Crippen LogP contribution in [0, 0.1) is 0 Å². The number of aryl methyl sites for hydroxylation is 1. The van der Waals surface area contributed by atoms with Crippen LogP contribution < -0.4 is 0 Å². The minimum Gasteiger partial charge on any atom is -0.261 e. The second kappa shape index (κ2) is 3.60. The molecule has 6 nitrogen and oxygen atoms in total. The Kier molecular flexibility index (Phi) is 2.10. The SMILES string of the molecule is CCc1nnc2sc(-c3cnccn3)nn12. The monoisotopic (exact) mass is 232 g/mol. The maximum atomic E-state index is 4.42. The fraction of sp³-hybridized carbons (Fsp3) is 0.222. The van der Waals surface area contributed by atoms with Crippen LogP contribution in [0.3, 0.4) is 0 Å². The quantitative estimate of drug-likeness (QED) is 0.664. The van der Waals surface area contributed by atoms with Crippen molar-refractivity contribution in [3.05, 3.63) is 24.4 Å². The van der Waals surface area contributed by atoms with Crippen molar-refractivity contribution in [2.24, 2.45) is 0 Å². The predicted octanol–water partition coefficient (Wildman–Crippen LogP) is 1.21. The topological polar surface area (TPSA) is 68.9 Å². The molecule has 0 radical (unpaired) electrons. The highest BCUT2D eigenvalue weighted by atomic mass is 32.1. The van der Waals surface area contributed by atoms with E-state index in [1.807, 2.05) is 6.92 Å². The Hall–Kier alpha value is -1.89. The largest absolute Gasteiger partial charge is 0.261 e. The van der Waals surface area contributed by atoms with E-state index in [2.05, 4.69) is 25.3 Å². The van der Waals surface area contributed by atoms with E-state index < -0.39 is 0 Å². The molecule has 3 heterocycles. The highest BCUT2D eigenvalue weighted by molar-refractivity contribution is 7.19. The van der Waals surface area contributed by atoms with Crippen LogP contribution in [0.1, 0.15) is 12.7 Å². The van der Waals surface area contributed by atoms with Crippen molar-refractivity contribution >= 4 is 16.3 Å². The van der Waals surface area contributed by atoms with E-state index in [9.17, 15) is 0 Å². The van der Waals surface area contributed by atoms with Gasteiger partial charge in [-0.15, -0.1) is 10.2 Å². The van der Waals surface area contributed by atoms with E-state index in [1.165, 1.54) is 11.3 Å². The first kappa shape index (κ1) is 9.34. The summed E-state index contributed by atoms with van der Waals surface area (Å²) in [6.07, 6.45) is 5.79. The molecule has 0 spiro atoms. The Bertz CT molecular complexity index is 613. The number of rotatable bonds is 2. The fourth-order valence-electron chi connectivity index (χ4n) is 1.39. The average molecular weight is 232 g/mol. The molecule has 0 aliphatic carbocycles. The maximum absolute atomic E-state index is 4.42. The van der Waals surface area contributed by atoms with Gasteiger partial charge >= 0.3 is 0 Å². The van der Waals surface area contributed by atoms with E-state index in [4.69, 9.17) is 0 Å². The van der Waals surface area contributed by atoms with Crippen molar-refractivity contribution in [3.63, 3.8) is 0 Å². The van der Waals surface area contributed by atoms with E-state index in [1.54, 1.807) is 23.1 Å². The summed E-state index contributed by atoms with van der Waals surface area (Å²) >= 11 is 1.46. The Balaban J connectivity index is 2.16. The molecule has 0 fully saturated rings. The van der Waals surface area contributed by atoms with Crippen LogP contribution in [0.4, 0.5) is 0 Å². The average Bonchev–Trinajstić information content (AvgIpc) is 2.89. The number of aromatic nitrogens is 6. The van der Waals surface area contributed by atoms with Crippen LogP contribution in [0.5, 0.6) is 0 Å². The molecule has 0 saturated heterocycles. The molecule has 0 bridgehead atoms. The highest BCUT2D eigenvalue weighted by Gasteiger charge is 2.12. The van der Waals surface area contributed by atoms with E-state index in [0.29, 0.717) is 0 Å². The molecule has 7 heteroatoms. The van der Waals surface area contributed by atoms with Gasteiger partial charge in [0.25, 0.3) is 0 Å². The fourth-order valence-corrected chi connectivity index (χ4v) is 2.21. The van der Waals surface area contributed by atoms with E-state index >= 15 is 0 Å². The second-order valence-electron chi connectivity index (χ2n) is 3.16. The van der Waals surface area contributed by atoms with Gasteiger partial charge < -0.3 is 0 Å². The summed E-state index contributed by atoms with van der Waals surface area (Å²) in [5.74, 6) is 0.862. The number of hydrogen-bond acceptors (Lipinski definition) is 6. The lowest BCUT2D eigenvalue weighted by Crippen LogP contribution is -1.93. The van der Waals surface area contributed by atoms with Gasteiger partial charge in [-0.2, -0.15) is 9.61 Å². The minimum atomic E-state index is 0.764. The zero-order valence-corrected chi connectivity index (χ0v) is 9.35. The molecule has 80 valence electrons. The van der Waals surface area contributed by atoms with Gasteiger partial charge in [0, 0.05) is 18.8 Å². The normalized spacial score (nSPS) is 11.1. The summed E-state index contributed by atoms with van der Waals surface area (Å²) in [5.41, 5.74) is 0.764. The van der Waals surface area contributed by atoms with Crippen molar-refractivity contribution in [3.8, 4) is 10.7 Å². The molecule has 3 aromatic rings. The molecule has 0 aliphatic heterocycles. The van der Waals surface area contributed by atoms with E-state index in [0.717, 1.165) is 27.9 Å². The smallest absolute Gasteiger partial charge is 0.235 e. The van der Waals surface area contributed by atoms with Gasteiger partial charge in [-0.05, 0) is 0 Å². The Morgan fingerprint density at radius 3 is 3.00 bits per heavy atom. The molecule has 16 heavy (non-hydrogen) atoms.